The van der Waals surface area contributed by atoms with Gasteiger partial charge in [-0.25, -0.2) is 0 Å². The summed E-state index contributed by atoms with van der Waals surface area (Å²) in [7, 11) is 0. The zero-order chi connectivity index (χ0) is 10.5. The third-order valence-electron chi connectivity index (χ3n) is 2.91. The lowest BCUT2D eigenvalue weighted by Crippen LogP contribution is -2.32. The topological polar surface area (TPSA) is 91.7 Å². The Morgan fingerprint density at radius 3 is 1.64 bits per heavy atom. The van der Waals surface area contributed by atoms with Gasteiger partial charge in [0.05, 0.1) is 23.7 Å². The molecule has 4 atom stereocenters. The first-order valence-corrected chi connectivity index (χ1v) is 4.21. The van der Waals surface area contributed by atoms with Gasteiger partial charge in [0.25, 0.3) is 0 Å². The average molecular weight is 196 g/mol. The maximum atomic E-state index is 11.4. The maximum absolute atomic E-state index is 11.4. The fraction of sp³-hybridized carbons (Fsp3) is 0.444. The lowest BCUT2D eigenvalue weighted by molar-refractivity contribution is -0.154. The molecule has 2 N–H and O–H groups in total. The molecule has 0 amide bonds. The molecule has 0 heterocycles. The zero-order valence-electron chi connectivity index (χ0n) is 7.08. The highest BCUT2D eigenvalue weighted by molar-refractivity contribution is 6.01. The van der Waals surface area contributed by atoms with E-state index in [2.05, 4.69) is 0 Å². The number of Topliss-reactive ketones (excluding diaryl/α,β-unsaturated/α-hetero) is 1. The van der Waals surface area contributed by atoms with Gasteiger partial charge in [-0.05, 0) is 0 Å². The average Bonchev–Trinajstić information content (AvgIpc) is 2.58. The Morgan fingerprint density at radius 1 is 1.00 bits per heavy atom. The van der Waals surface area contributed by atoms with E-state index < -0.39 is 35.6 Å². The molecule has 0 aromatic carbocycles. The van der Waals surface area contributed by atoms with Gasteiger partial charge in [0.15, 0.2) is 0 Å². The lowest BCUT2D eigenvalue weighted by Gasteiger charge is -2.18. The third kappa shape index (κ3) is 0.921. The van der Waals surface area contributed by atoms with E-state index in [9.17, 15) is 14.4 Å². The summed E-state index contributed by atoms with van der Waals surface area (Å²) in [5.74, 6) is -6.34. The minimum absolute atomic E-state index is 0.273. The number of hydrogen-bond donors (Lipinski definition) is 2. The van der Waals surface area contributed by atoms with E-state index in [1.54, 1.807) is 0 Å². The van der Waals surface area contributed by atoms with Crippen LogP contribution in [0.4, 0.5) is 0 Å². The standard InChI is InChI=1S/C9H8O5/c10-7-3-1-2-4(7)6(9(13)14)5(3)8(11)12/h1-6H,(H,11,12)(H,13,14)/t3-,4+,5+,6-. The monoisotopic (exact) mass is 196 g/mol. The summed E-state index contributed by atoms with van der Waals surface area (Å²) in [5, 5.41) is 17.6. The maximum Gasteiger partial charge on any atom is 0.308 e. The first-order chi connectivity index (χ1) is 6.54. The first kappa shape index (κ1) is 8.93. The number of fused-ring (bicyclic) bond motifs is 2. The van der Waals surface area contributed by atoms with E-state index >= 15 is 0 Å². The summed E-state index contributed by atoms with van der Waals surface area (Å²) in [5.41, 5.74) is 0. The Kier molecular flexibility index (Phi) is 1.70. The largest absolute Gasteiger partial charge is 0.481 e. The number of ketones is 1. The van der Waals surface area contributed by atoms with Gasteiger partial charge in [-0.15, -0.1) is 0 Å². The van der Waals surface area contributed by atoms with Crippen molar-refractivity contribution in [3.8, 4) is 0 Å². The first-order valence-electron chi connectivity index (χ1n) is 4.21. The van der Waals surface area contributed by atoms with Crippen LogP contribution in [0.1, 0.15) is 0 Å². The Balaban J connectivity index is 2.41. The molecule has 14 heavy (non-hydrogen) atoms. The molecule has 2 aliphatic rings. The summed E-state index contributed by atoms with van der Waals surface area (Å²) in [4.78, 5) is 33.0. The van der Waals surface area contributed by atoms with Crippen molar-refractivity contribution >= 4 is 17.7 Å². The van der Waals surface area contributed by atoms with Crippen LogP contribution < -0.4 is 0 Å². The highest BCUT2D eigenvalue weighted by Crippen LogP contribution is 2.45. The fourth-order valence-corrected chi connectivity index (χ4v) is 2.31. The van der Waals surface area contributed by atoms with Gasteiger partial charge in [-0.1, -0.05) is 12.2 Å². The van der Waals surface area contributed by atoms with Crippen molar-refractivity contribution in [2.75, 3.05) is 0 Å². The van der Waals surface area contributed by atoms with Crippen LogP contribution in [0.5, 0.6) is 0 Å². The van der Waals surface area contributed by atoms with Crippen molar-refractivity contribution in [2.24, 2.45) is 23.7 Å². The van der Waals surface area contributed by atoms with E-state index in [0.29, 0.717) is 0 Å². The van der Waals surface area contributed by atoms with Gasteiger partial charge in [0, 0.05) is 0 Å². The predicted molar refractivity (Wildman–Crippen MR) is 43.4 cm³/mol. The molecule has 1 fully saturated rings. The molecule has 0 unspecified atom stereocenters. The molecule has 5 nitrogen and oxygen atoms in total. The van der Waals surface area contributed by atoms with Crippen LogP contribution in [0.3, 0.4) is 0 Å². The van der Waals surface area contributed by atoms with Crippen LogP contribution >= 0.6 is 0 Å². The summed E-state index contributed by atoms with van der Waals surface area (Å²) in [6, 6.07) is 0. The number of carboxylic acid groups (broad SMARTS) is 2. The van der Waals surface area contributed by atoms with E-state index in [0.717, 1.165) is 0 Å². The van der Waals surface area contributed by atoms with Crippen molar-refractivity contribution < 1.29 is 24.6 Å². The molecule has 2 aliphatic carbocycles. The third-order valence-corrected chi connectivity index (χ3v) is 2.91. The summed E-state index contributed by atoms with van der Waals surface area (Å²) in [6.07, 6.45) is 3.01. The molecule has 2 rings (SSSR count). The number of aliphatic carboxylic acids is 2. The van der Waals surface area contributed by atoms with Crippen LogP contribution in [0.15, 0.2) is 12.2 Å². The van der Waals surface area contributed by atoms with Crippen molar-refractivity contribution in [3.05, 3.63) is 12.2 Å². The van der Waals surface area contributed by atoms with Crippen LogP contribution in [-0.4, -0.2) is 27.9 Å². The van der Waals surface area contributed by atoms with E-state index in [4.69, 9.17) is 10.2 Å². The van der Waals surface area contributed by atoms with Crippen LogP contribution in [-0.2, 0) is 14.4 Å². The Labute approximate surface area is 79.0 Å². The van der Waals surface area contributed by atoms with Crippen molar-refractivity contribution in [3.63, 3.8) is 0 Å². The number of hydrogen-bond acceptors (Lipinski definition) is 3. The number of carbonyl (C=O) groups is 3. The Bertz CT molecular complexity index is 324. The number of carboxylic acids is 2. The molecule has 0 aromatic rings. The smallest absolute Gasteiger partial charge is 0.308 e. The molecular weight excluding hydrogens is 188 g/mol. The molecule has 5 heteroatoms. The lowest BCUT2D eigenvalue weighted by atomic mass is 9.83. The van der Waals surface area contributed by atoms with Gasteiger partial charge in [0.1, 0.15) is 5.78 Å². The minimum atomic E-state index is -1.21. The molecule has 0 radical (unpaired) electrons. The Morgan fingerprint density at radius 2 is 1.36 bits per heavy atom. The fourth-order valence-electron chi connectivity index (χ4n) is 2.31. The molecule has 0 aromatic heterocycles. The molecule has 74 valence electrons. The molecule has 0 saturated heterocycles. The van der Waals surface area contributed by atoms with Gasteiger partial charge in [-0.2, -0.15) is 0 Å². The van der Waals surface area contributed by atoms with Crippen LogP contribution in [0.2, 0.25) is 0 Å². The van der Waals surface area contributed by atoms with E-state index in [1.807, 2.05) is 0 Å². The summed E-state index contributed by atoms with van der Waals surface area (Å²) >= 11 is 0. The molecule has 2 bridgehead atoms. The van der Waals surface area contributed by atoms with Gasteiger partial charge < -0.3 is 10.2 Å². The SMILES string of the molecule is O=C(O)[C@@H]1[C@H](C(=O)O)[C@@H]2C=C[C@H]1C2=O. The van der Waals surface area contributed by atoms with Crippen molar-refractivity contribution in [1.82, 2.24) is 0 Å². The van der Waals surface area contributed by atoms with E-state index in [-0.39, 0.29) is 5.78 Å². The second kappa shape index (κ2) is 2.67. The zero-order valence-corrected chi connectivity index (χ0v) is 7.08. The minimum Gasteiger partial charge on any atom is -0.481 e. The second-order valence-electron chi connectivity index (χ2n) is 3.57. The Hall–Kier alpha value is -1.65. The molecule has 1 saturated carbocycles. The second-order valence-corrected chi connectivity index (χ2v) is 3.57. The molecule has 0 spiro atoms. The van der Waals surface area contributed by atoms with Gasteiger partial charge in [0.2, 0.25) is 0 Å². The van der Waals surface area contributed by atoms with Crippen molar-refractivity contribution in [1.29, 1.82) is 0 Å². The number of rotatable bonds is 2. The van der Waals surface area contributed by atoms with Gasteiger partial charge in [-0.3, -0.25) is 14.4 Å². The highest BCUT2D eigenvalue weighted by atomic mass is 16.4. The summed E-state index contributed by atoms with van der Waals surface area (Å²) in [6.45, 7) is 0. The summed E-state index contributed by atoms with van der Waals surface area (Å²) < 4.78 is 0. The predicted octanol–water partition coefficient (Wildman–Crippen LogP) is -0.227. The number of carbonyl (C=O) groups excluding carboxylic acids is 1. The molecule has 0 aliphatic heterocycles. The quantitative estimate of drug-likeness (QED) is 0.595. The van der Waals surface area contributed by atoms with Crippen LogP contribution in [0.25, 0.3) is 0 Å². The van der Waals surface area contributed by atoms with Gasteiger partial charge >= 0.3 is 11.9 Å². The van der Waals surface area contributed by atoms with Crippen molar-refractivity contribution in [2.45, 2.75) is 0 Å². The van der Waals surface area contributed by atoms with Crippen LogP contribution in [0, 0.1) is 23.7 Å². The number of allylic oxidation sites excluding steroid dienone is 2. The van der Waals surface area contributed by atoms with E-state index in [1.165, 1.54) is 12.2 Å². The highest BCUT2D eigenvalue weighted by Gasteiger charge is 2.57. The molecular formula is C9H8O5. The normalized spacial score (nSPS) is 39.0.